The first-order valence-corrected chi connectivity index (χ1v) is 7.80. The molecule has 0 amide bonds. The van der Waals surface area contributed by atoms with Gasteiger partial charge < -0.3 is 9.47 Å². The molecule has 2 rings (SSSR count). The summed E-state index contributed by atoms with van der Waals surface area (Å²) in [5.41, 5.74) is 3.94. The average molecular weight is 330 g/mol. The van der Waals surface area contributed by atoms with Gasteiger partial charge in [-0.25, -0.2) is 10.4 Å². The van der Waals surface area contributed by atoms with Crippen LogP contribution in [0, 0.1) is 6.92 Å². The van der Waals surface area contributed by atoms with Crippen molar-refractivity contribution in [1.29, 1.82) is 0 Å². The normalized spacial score (nSPS) is 10.8. The zero-order valence-corrected chi connectivity index (χ0v) is 14.1. The molecule has 0 saturated heterocycles. The summed E-state index contributed by atoms with van der Waals surface area (Å²) in [4.78, 5) is 18.1. The molecule has 7 heteroatoms. The monoisotopic (exact) mass is 330 g/mol. The minimum atomic E-state index is -0.226. The van der Waals surface area contributed by atoms with Gasteiger partial charge >= 0.3 is 0 Å². The Morgan fingerprint density at radius 1 is 1.33 bits per heavy atom. The van der Waals surface area contributed by atoms with Gasteiger partial charge in [-0.3, -0.25) is 9.78 Å². The number of ether oxygens (including phenoxy) is 2. The van der Waals surface area contributed by atoms with Crippen molar-refractivity contribution in [3.8, 4) is 11.5 Å². The van der Waals surface area contributed by atoms with Crippen LogP contribution >= 0.6 is 0 Å². The van der Waals surface area contributed by atoms with Gasteiger partial charge in [0, 0.05) is 11.8 Å². The van der Waals surface area contributed by atoms with E-state index in [9.17, 15) is 4.79 Å². The Hall–Kier alpha value is -2.83. The van der Waals surface area contributed by atoms with Crippen LogP contribution in [-0.2, 0) is 0 Å². The zero-order valence-electron chi connectivity index (χ0n) is 14.1. The van der Waals surface area contributed by atoms with E-state index in [0.29, 0.717) is 29.7 Å². The van der Waals surface area contributed by atoms with E-state index < -0.39 is 0 Å². The van der Waals surface area contributed by atoms with E-state index in [1.165, 1.54) is 6.07 Å². The molecule has 2 N–H and O–H groups in total. The average Bonchev–Trinajstić information content (AvgIpc) is 2.54. The second kappa shape index (κ2) is 8.71. The molecule has 0 fully saturated rings. The van der Waals surface area contributed by atoms with Crippen LogP contribution in [0.1, 0.15) is 31.0 Å². The topological polar surface area (TPSA) is 88.6 Å². The predicted molar refractivity (Wildman–Crippen MR) is 94.2 cm³/mol. The smallest absolute Gasteiger partial charge is 0.252 e. The minimum Gasteiger partial charge on any atom is -0.493 e. The van der Waals surface area contributed by atoms with Crippen LogP contribution in [0.5, 0.6) is 11.5 Å². The second-order valence-corrected chi connectivity index (χ2v) is 5.22. The number of hydrazone groups is 1. The fourth-order valence-electron chi connectivity index (χ4n) is 2.01. The van der Waals surface area contributed by atoms with Crippen LogP contribution in [0.4, 0.5) is 5.95 Å². The maximum Gasteiger partial charge on any atom is 0.252 e. The number of anilines is 1. The summed E-state index contributed by atoms with van der Waals surface area (Å²) in [7, 11) is 1.61. The summed E-state index contributed by atoms with van der Waals surface area (Å²) in [6.45, 7) is 4.49. The summed E-state index contributed by atoms with van der Waals surface area (Å²) < 4.78 is 11.0. The number of aromatic nitrogens is 2. The van der Waals surface area contributed by atoms with Gasteiger partial charge in [0.05, 0.1) is 19.9 Å². The van der Waals surface area contributed by atoms with Crippen molar-refractivity contribution >= 4 is 12.2 Å². The van der Waals surface area contributed by atoms with Crippen molar-refractivity contribution in [2.45, 2.75) is 26.7 Å². The number of nitrogens with one attached hydrogen (secondary N) is 2. The number of methoxy groups -OCH3 is 1. The Kier molecular flexibility index (Phi) is 6.36. The molecule has 0 saturated carbocycles. The Morgan fingerprint density at radius 2 is 2.17 bits per heavy atom. The van der Waals surface area contributed by atoms with E-state index in [-0.39, 0.29) is 5.56 Å². The summed E-state index contributed by atoms with van der Waals surface area (Å²) in [5.74, 6) is 1.65. The van der Waals surface area contributed by atoms with Gasteiger partial charge in [-0.1, -0.05) is 13.3 Å². The third kappa shape index (κ3) is 5.12. The number of hydrogen-bond donors (Lipinski definition) is 2. The van der Waals surface area contributed by atoms with Crippen molar-refractivity contribution < 1.29 is 9.47 Å². The lowest BCUT2D eigenvalue weighted by Crippen LogP contribution is -2.10. The molecule has 0 unspecified atom stereocenters. The zero-order chi connectivity index (χ0) is 17.4. The second-order valence-electron chi connectivity index (χ2n) is 5.22. The van der Waals surface area contributed by atoms with Crippen molar-refractivity contribution in [2.24, 2.45) is 5.10 Å². The Bertz CT molecular complexity index is 756. The Morgan fingerprint density at radius 3 is 2.88 bits per heavy atom. The SMILES string of the molecule is CCCCOc1cc(/C=N\Nc2nc(C)cc(=O)[nH]2)ccc1OC. The highest BCUT2D eigenvalue weighted by Gasteiger charge is 2.05. The van der Waals surface area contributed by atoms with E-state index in [4.69, 9.17) is 9.47 Å². The number of benzene rings is 1. The van der Waals surface area contributed by atoms with Gasteiger partial charge in [0.1, 0.15) is 0 Å². The lowest BCUT2D eigenvalue weighted by Gasteiger charge is -2.10. The van der Waals surface area contributed by atoms with Gasteiger partial charge in [0.25, 0.3) is 5.56 Å². The number of unbranched alkanes of at least 4 members (excludes halogenated alkanes) is 1. The first-order valence-electron chi connectivity index (χ1n) is 7.80. The summed E-state index contributed by atoms with van der Waals surface area (Å²) in [5, 5.41) is 4.08. The third-order valence-electron chi connectivity index (χ3n) is 3.20. The third-order valence-corrected chi connectivity index (χ3v) is 3.20. The van der Waals surface area contributed by atoms with E-state index >= 15 is 0 Å². The molecular weight excluding hydrogens is 308 g/mol. The molecule has 128 valence electrons. The van der Waals surface area contributed by atoms with Crippen molar-refractivity contribution in [3.63, 3.8) is 0 Å². The molecule has 0 aliphatic heterocycles. The summed E-state index contributed by atoms with van der Waals surface area (Å²) in [6.07, 6.45) is 3.67. The lowest BCUT2D eigenvalue weighted by atomic mass is 10.2. The van der Waals surface area contributed by atoms with Gasteiger partial charge in [-0.05, 0) is 37.1 Å². The lowest BCUT2D eigenvalue weighted by molar-refractivity contribution is 0.288. The number of aryl methyl sites for hydroxylation is 1. The fourth-order valence-corrected chi connectivity index (χ4v) is 2.01. The number of rotatable bonds is 8. The quantitative estimate of drug-likeness (QED) is 0.441. The molecule has 0 bridgehead atoms. The largest absolute Gasteiger partial charge is 0.493 e. The molecule has 1 heterocycles. The van der Waals surface area contributed by atoms with Crippen LogP contribution in [0.3, 0.4) is 0 Å². The highest BCUT2D eigenvalue weighted by Crippen LogP contribution is 2.27. The first kappa shape index (κ1) is 17.5. The highest BCUT2D eigenvalue weighted by molar-refractivity contribution is 5.81. The molecular formula is C17H22N4O3. The molecule has 7 nitrogen and oxygen atoms in total. The van der Waals surface area contributed by atoms with E-state index in [0.717, 1.165) is 18.4 Å². The van der Waals surface area contributed by atoms with Gasteiger partial charge in [-0.2, -0.15) is 5.10 Å². The first-order chi connectivity index (χ1) is 11.6. The number of aromatic amines is 1. The molecule has 0 atom stereocenters. The van der Waals surface area contributed by atoms with E-state index in [1.807, 2.05) is 18.2 Å². The van der Waals surface area contributed by atoms with Crippen molar-refractivity contribution in [3.05, 3.63) is 45.9 Å². The number of H-pyrrole nitrogens is 1. The van der Waals surface area contributed by atoms with Gasteiger partial charge in [0.2, 0.25) is 5.95 Å². The van der Waals surface area contributed by atoms with Crippen molar-refractivity contribution in [2.75, 3.05) is 19.1 Å². The molecule has 1 aromatic carbocycles. The number of nitrogens with zero attached hydrogens (tertiary/aromatic N) is 2. The molecule has 1 aromatic heterocycles. The summed E-state index contributed by atoms with van der Waals surface area (Å²) in [6, 6.07) is 6.96. The van der Waals surface area contributed by atoms with Crippen molar-refractivity contribution in [1.82, 2.24) is 9.97 Å². The fraction of sp³-hybridized carbons (Fsp3) is 0.353. The van der Waals surface area contributed by atoms with Crippen LogP contribution in [-0.4, -0.2) is 29.9 Å². The Balaban J connectivity index is 2.07. The van der Waals surface area contributed by atoms with Crippen LogP contribution in [0.15, 0.2) is 34.2 Å². The Labute approximate surface area is 140 Å². The van der Waals surface area contributed by atoms with Crippen LogP contribution in [0.25, 0.3) is 0 Å². The molecule has 0 spiro atoms. The predicted octanol–water partition coefficient (Wildman–Crippen LogP) is 2.71. The van der Waals surface area contributed by atoms with Crippen LogP contribution in [0.2, 0.25) is 0 Å². The highest BCUT2D eigenvalue weighted by atomic mass is 16.5. The standard InChI is InChI=1S/C17H22N4O3/c1-4-5-8-24-15-10-13(6-7-14(15)23-3)11-18-21-17-19-12(2)9-16(22)20-17/h6-7,9-11H,4-5,8H2,1-3H3,(H2,19,20,21,22)/b18-11-. The molecule has 0 radical (unpaired) electrons. The summed E-state index contributed by atoms with van der Waals surface area (Å²) >= 11 is 0. The maximum atomic E-state index is 11.4. The maximum absolute atomic E-state index is 11.4. The minimum absolute atomic E-state index is 0.226. The molecule has 2 aromatic rings. The van der Waals surface area contributed by atoms with E-state index in [2.05, 4.69) is 27.4 Å². The molecule has 24 heavy (non-hydrogen) atoms. The van der Waals surface area contributed by atoms with Gasteiger partial charge in [-0.15, -0.1) is 0 Å². The van der Waals surface area contributed by atoms with E-state index in [1.54, 1.807) is 20.2 Å². The van der Waals surface area contributed by atoms with Gasteiger partial charge in [0.15, 0.2) is 11.5 Å². The molecule has 0 aliphatic carbocycles. The molecule has 0 aliphatic rings. The van der Waals surface area contributed by atoms with Crippen LogP contribution < -0.4 is 20.5 Å². The number of hydrogen-bond acceptors (Lipinski definition) is 6.